The Morgan fingerprint density at radius 3 is 2.43 bits per heavy atom. The van der Waals surface area contributed by atoms with Gasteiger partial charge in [0.2, 0.25) is 0 Å². The molecule has 0 radical (unpaired) electrons. The van der Waals surface area contributed by atoms with Gasteiger partial charge >= 0.3 is 5.97 Å². The lowest BCUT2D eigenvalue weighted by Crippen LogP contribution is -2.20. The van der Waals surface area contributed by atoms with Crippen LogP contribution in [0.4, 0.5) is 0 Å². The molecule has 2 aromatic carbocycles. The number of hydrogen-bond acceptors (Lipinski definition) is 2. The average Bonchev–Trinajstić information content (AvgIpc) is 2.48. The van der Waals surface area contributed by atoms with Gasteiger partial charge in [0.1, 0.15) is 0 Å². The van der Waals surface area contributed by atoms with Crippen molar-refractivity contribution in [3.05, 3.63) is 60.2 Å². The minimum Gasteiger partial charge on any atom is -0.481 e. The monoisotopic (exact) mass is 283 g/mol. The molecule has 0 heterocycles. The quantitative estimate of drug-likeness (QED) is 0.843. The number of hydrogen-bond donors (Lipinski definition) is 1. The standard InChI is InChI=1S/C18H21NO2/c1-19(13-7-12-18(20)21)14-16-10-5-6-11-17(16)15-8-3-2-4-9-15/h2-6,8-11H,7,12-14H2,1H3,(H,20,21). The second-order valence-electron chi connectivity index (χ2n) is 5.26. The molecule has 2 aromatic rings. The van der Waals surface area contributed by atoms with Crippen LogP contribution in [0.15, 0.2) is 54.6 Å². The van der Waals surface area contributed by atoms with E-state index in [9.17, 15) is 4.79 Å². The first-order chi connectivity index (χ1) is 10.2. The molecule has 0 saturated heterocycles. The zero-order valence-corrected chi connectivity index (χ0v) is 12.3. The van der Waals surface area contributed by atoms with E-state index in [1.54, 1.807) is 0 Å². The fourth-order valence-corrected chi connectivity index (χ4v) is 2.43. The number of rotatable bonds is 7. The first-order valence-electron chi connectivity index (χ1n) is 7.20. The van der Waals surface area contributed by atoms with Gasteiger partial charge in [-0.1, -0.05) is 54.6 Å². The van der Waals surface area contributed by atoms with Gasteiger partial charge in [0.25, 0.3) is 0 Å². The highest BCUT2D eigenvalue weighted by Gasteiger charge is 2.07. The van der Waals surface area contributed by atoms with Gasteiger partial charge in [0.05, 0.1) is 0 Å². The molecule has 3 heteroatoms. The number of carbonyl (C=O) groups is 1. The Balaban J connectivity index is 2.05. The van der Waals surface area contributed by atoms with E-state index in [1.807, 2.05) is 31.3 Å². The predicted octanol–water partition coefficient (Wildman–Crippen LogP) is 3.65. The van der Waals surface area contributed by atoms with Crippen molar-refractivity contribution in [2.24, 2.45) is 0 Å². The highest BCUT2D eigenvalue weighted by Crippen LogP contribution is 2.24. The van der Waals surface area contributed by atoms with Gasteiger partial charge in [0.15, 0.2) is 0 Å². The highest BCUT2D eigenvalue weighted by atomic mass is 16.4. The molecule has 0 bridgehead atoms. The van der Waals surface area contributed by atoms with Gasteiger partial charge in [-0.05, 0) is 36.7 Å². The van der Waals surface area contributed by atoms with Gasteiger partial charge in [-0.2, -0.15) is 0 Å². The molecule has 0 amide bonds. The number of nitrogens with zero attached hydrogens (tertiary/aromatic N) is 1. The molecule has 0 aliphatic carbocycles. The molecule has 0 aromatic heterocycles. The van der Waals surface area contributed by atoms with Crippen LogP contribution in [0.5, 0.6) is 0 Å². The second-order valence-corrected chi connectivity index (χ2v) is 5.26. The lowest BCUT2D eigenvalue weighted by atomic mass is 9.99. The summed E-state index contributed by atoms with van der Waals surface area (Å²) in [5.74, 6) is -0.729. The van der Waals surface area contributed by atoms with Crippen molar-refractivity contribution in [3.8, 4) is 11.1 Å². The van der Waals surface area contributed by atoms with Crippen molar-refractivity contribution < 1.29 is 9.90 Å². The zero-order valence-electron chi connectivity index (χ0n) is 12.3. The van der Waals surface area contributed by atoms with Crippen LogP contribution in [-0.4, -0.2) is 29.6 Å². The molecular formula is C18H21NO2. The van der Waals surface area contributed by atoms with Crippen molar-refractivity contribution in [2.45, 2.75) is 19.4 Å². The molecule has 0 aliphatic heterocycles. The Hall–Kier alpha value is -2.13. The van der Waals surface area contributed by atoms with E-state index >= 15 is 0 Å². The van der Waals surface area contributed by atoms with Gasteiger partial charge in [0, 0.05) is 13.0 Å². The summed E-state index contributed by atoms with van der Waals surface area (Å²) in [5.41, 5.74) is 3.72. The van der Waals surface area contributed by atoms with Crippen LogP contribution in [0.2, 0.25) is 0 Å². The third-order valence-corrected chi connectivity index (χ3v) is 3.47. The first kappa shape index (κ1) is 15.3. The molecule has 0 atom stereocenters. The molecule has 21 heavy (non-hydrogen) atoms. The second kappa shape index (κ2) is 7.60. The summed E-state index contributed by atoms with van der Waals surface area (Å²) >= 11 is 0. The zero-order chi connectivity index (χ0) is 15.1. The van der Waals surface area contributed by atoms with Crippen LogP contribution in [0.3, 0.4) is 0 Å². The van der Waals surface area contributed by atoms with Crippen molar-refractivity contribution in [2.75, 3.05) is 13.6 Å². The van der Waals surface area contributed by atoms with E-state index in [0.29, 0.717) is 6.42 Å². The van der Waals surface area contributed by atoms with Crippen LogP contribution >= 0.6 is 0 Å². The summed E-state index contributed by atoms with van der Waals surface area (Å²) in [6, 6.07) is 18.7. The van der Waals surface area contributed by atoms with Crippen LogP contribution in [0.25, 0.3) is 11.1 Å². The molecule has 0 saturated carbocycles. The largest absolute Gasteiger partial charge is 0.481 e. The van der Waals surface area contributed by atoms with E-state index in [2.05, 4.69) is 35.2 Å². The van der Waals surface area contributed by atoms with Crippen molar-refractivity contribution in [1.82, 2.24) is 4.90 Å². The van der Waals surface area contributed by atoms with E-state index in [1.165, 1.54) is 16.7 Å². The summed E-state index contributed by atoms with van der Waals surface area (Å²) < 4.78 is 0. The van der Waals surface area contributed by atoms with Crippen LogP contribution in [0.1, 0.15) is 18.4 Å². The highest BCUT2D eigenvalue weighted by molar-refractivity contribution is 5.67. The maximum Gasteiger partial charge on any atom is 0.303 e. The molecular weight excluding hydrogens is 262 g/mol. The first-order valence-corrected chi connectivity index (χ1v) is 7.20. The van der Waals surface area contributed by atoms with Gasteiger partial charge in [-0.25, -0.2) is 0 Å². The smallest absolute Gasteiger partial charge is 0.303 e. The molecule has 3 nitrogen and oxygen atoms in total. The number of carboxylic acid groups (broad SMARTS) is 1. The molecule has 2 rings (SSSR count). The Morgan fingerprint density at radius 2 is 1.71 bits per heavy atom. The van der Waals surface area contributed by atoms with Gasteiger partial charge < -0.3 is 10.0 Å². The number of benzene rings is 2. The average molecular weight is 283 g/mol. The van der Waals surface area contributed by atoms with Crippen molar-refractivity contribution in [1.29, 1.82) is 0 Å². The van der Waals surface area contributed by atoms with Crippen LogP contribution < -0.4 is 0 Å². The Bertz CT molecular complexity index is 581. The number of aliphatic carboxylic acids is 1. The van der Waals surface area contributed by atoms with E-state index < -0.39 is 5.97 Å². The molecule has 0 aliphatic rings. The SMILES string of the molecule is CN(CCCC(=O)O)Cc1ccccc1-c1ccccc1. The lowest BCUT2D eigenvalue weighted by Gasteiger charge is -2.18. The summed E-state index contributed by atoms with van der Waals surface area (Å²) in [4.78, 5) is 12.7. The maximum atomic E-state index is 10.6. The third-order valence-electron chi connectivity index (χ3n) is 3.47. The summed E-state index contributed by atoms with van der Waals surface area (Å²) in [5, 5.41) is 8.69. The fraction of sp³-hybridized carbons (Fsp3) is 0.278. The minimum absolute atomic E-state index is 0.227. The van der Waals surface area contributed by atoms with Crippen LogP contribution in [-0.2, 0) is 11.3 Å². The Kier molecular flexibility index (Phi) is 5.52. The fourth-order valence-electron chi connectivity index (χ4n) is 2.43. The molecule has 110 valence electrons. The predicted molar refractivity (Wildman–Crippen MR) is 85.1 cm³/mol. The molecule has 0 spiro atoms. The maximum absolute atomic E-state index is 10.6. The summed E-state index contributed by atoms with van der Waals surface area (Å²) in [7, 11) is 2.03. The Labute approximate surface area is 125 Å². The summed E-state index contributed by atoms with van der Waals surface area (Å²) in [6.07, 6.45) is 0.907. The van der Waals surface area contributed by atoms with Crippen LogP contribution in [0, 0.1) is 0 Å². The normalized spacial score (nSPS) is 10.8. The van der Waals surface area contributed by atoms with Crippen molar-refractivity contribution in [3.63, 3.8) is 0 Å². The van der Waals surface area contributed by atoms with Gasteiger partial charge in [-0.3, -0.25) is 4.79 Å². The number of carboxylic acids is 1. The van der Waals surface area contributed by atoms with E-state index in [4.69, 9.17) is 5.11 Å². The molecule has 0 unspecified atom stereocenters. The van der Waals surface area contributed by atoms with E-state index in [-0.39, 0.29) is 6.42 Å². The van der Waals surface area contributed by atoms with Crippen molar-refractivity contribution >= 4 is 5.97 Å². The molecule has 0 fully saturated rings. The third kappa shape index (κ3) is 4.72. The Morgan fingerprint density at radius 1 is 1.05 bits per heavy atom. The summed E-state index contributed by atoms with van der Waals surface area (Å²) in [6.45, 7) is 1.61. The lowest BCUT2D eigenvalue weighted by molar-refractivity contribution is -0.137. The van der Waals surface area contributed by atoms with Gasteiger partial charge in [-0.15, -0.1) is 0 Å². The molecule has 1 N–H and O–H groups in total. The topological polar surface area (TPSA) is 40.5 Å². The van der Waals surface area contributed by atoms with E-state index in [0.717, 1.165) is 13.1 Å². The minimum atomic E-state index is -0.729.